The molecule has 3 heterocycles. The first-order valence-corrected chi connectivity index (χ1v) is 29.1. The maximum Gasteiger partial charge on any atom is 0.333 e. The van der Waals surface area contributed by atoms with E-state index in [1.165, 1.54) is 115 Å². The van der Waals surface area contributed by atoms with Crippen LogP contribution in [-0.2, 0) is 29.1 Å². The number of aryl methyl sites for hydroxylation is 3. The van der Waals surface area contributed by atoms with Gasteiger partial charge in [0, 0.05) is 72.8 Å². The molecule has 0 N–H and O–H groups in total. The Labute approximate surface area is 463 Å². The van der Waals surface area contributed by atoms with Gasteiger partial charge in [-0.25, -0.2) is 0 Å². The molecule has 390 valence electrons. The maximum atomic E-state index is 7.23. The smallest absolute Gasteiger partial charge is 0.333 e. The van der Waals surface area contributed by atoms with Gasteiger partial charge in [0.25, 0.3) is 0 Å². The first-order valence-electron chi connectivity index (χ1n) is 29.1. The highest BCUT2D eigenvalue weighted by Crippen LogP contribution is 2.55. The molecular weight excluding hydrogens is 946 g/mol. The van der Waals surface area contributed by atoms with Crippen molar-refractivity contribution in [2.75, 3.05) is 14.6 Å². The third-order valence-corrected chi connectivity index (χ3v) is 18.1. The summed E-state index contributed by atoms with van der Waals surface area (Å²) < 4.78 is 7.23. The minimum Gasteiger partial charge on any atom is -0.455 e. The summed E-state index contributed by atoms with van der Waals surface area (Å²) in [5.41, 5.74) is 24.5. The van der Waals surface area contributed by atoms with Crippen molar-refractivity contribution in [3.8, 4) is 11.1 Å². The summed E-state index contributed by atoms with van der Waals surface area (Å²) in [6, 6.07) is 65.6. The zero-order chi connectivity index (χ0) is 53.8. The molecule has 10 aromatic rings. The number of rotatable bonds is 11. The third kappa shape index (κ3) is 8.17. The average molecular weight is 1020 g/mol. The number of fused-ring (bicyclic) bond motifs is 11. The Balaban J connectivity index is 1.15. The first kappa shape index (κ1) is 50.0. The van der Waals surface area contributed by atoms with Crippen LogP contribution in [0.3, 0.4) is 0 Å². The van der Waals surface area contributed by atoms with E-state index in [0.29, 0.717) is 0 Å². The number of nitrogens with zero attached hydrogens (tertiary/aromatic N) is 3. The summed E-state index contributed by atoms with van der Waals surface area (Å²) in [7, 11) is 0. The van der Waals surface area contributed by atoms with E-state index in [9.17, 15) is 0 Å². The summed E-state index contributed by atoms with van der Waals surface area (Å²) in [4.78, 5) is 7.86. The minimum atomic E-state index is -0.218. The van der Waals surface area contributed by atoms with Crippen molar-refractivity contribution in [1.29, 1.82) is 0 Å². The van der Waals surface area contributed by atoms with Gasteiger partial charge in [-0.1, -0.05) is 178 Å². The molecule has 5 heteroatoms. The molecule has 0 saturated carbocycles. The van der Waals surface area contributed by atoms with Crippen molar-refractivity contribution >= 4 is 96.0 Å². The largest absolute Gasteiger partial charge is 0.455 e. The molecule has 0 bridgehead atoms. The Morgan fingerprint density at radius 2 is 1.18 bits per heavy atom. The van der Waals surface area contributed by atoms with E-state index in [2.05, 4.69) is 254 Å². The molecule has 9 aromatic carbocycles. The second-order valence-electron chi connectivity index (χ2n) is 25.3. The van der Waals surface area contributed by atoms with Crippen LogP contribution in [-0.4, -0.2) is 6.85 Å². The average Bonchev–Trinajstić information content (AvgIpc) is 3.61. The molecule has 0 unspecified atom stereocenters. The first-order chi connectivity index (χ1) is 37.6. The molecule has 78 heavy (non-hydrogen) atoms. The SMILES string of the molecule is CCCCc1ccc(N(c2ccc(CCCC)cc2)c2ccc3c(c2)N(c2cc4c(cc2C)C(C)(C)CCC4(C)C)c2cc4c(oc5ccccc54)c4c2B3N(c2ccc(C(C)(C)C)cc2)c2c-4ccc3ccccc23)cc1. The molecule has 0 amide bonds. The molecule has 1 aromatic heterocycles. The predicted molar refractivity (Wildman–Crippen MR) is 336 cm³/mol. The summed E-state index contributed by atoms with van der Waals surface area (Å²) in [5.74, 6) is 0. The normalized spacial score (nSPS) is 15.1. The highest BCUT2D eigenvalue weighted by molar-refractivity contribution is 6.94. The molecule has 0 fully saturated rings. The molecular formula is C73H74BN3O. The topological polar surface area (TPSA) is 22.9 Å². The van der Waals surface area contributed by atoms with E-state index in [-0.39, 0.29) is 23.1 Å². The lowest BCUT2D eigenvalue weighted by molar-refractivity contribution is 0.332. The molecule has 0 radical (unpaired) electrons. The number of anilines is 8. The minimum absolute atomic E-state index is 0.0000856. The highest BCUT2D eigenvalue weighted by atomic mass is 16.3. The molecule has 2 aliphatic heterocycles. The fourth-order valence-electron chi connectivity index (χ4n) is 13.5. The number of furan rings is 1. The van der Waals surface area contributed by atoms with Gasteiger partial charge in [0.2, 0.25) is 0 Å². The Bertz CT molecular complexity index is 3900. The van der Waals surface area contributed by atoms with Gasteiger partial charge in [-0.15, -0.1) is 0 Å². The molecule has 1 aliphatic carbocycles. The van der Waals surface area contributed by atoms with E-state index in [4.69, 9.17) is 4.42 Å². The van der Waals surface area contributed by atoms with Crippen molar-refractivity contribution in [1.82, 2.24) is 0 Å². The van der Waals surface area contributed by atoms with Gasteiger partial charge < -0.3 is 19.0 Å². The van der Waals surface area contributed by atoms with Crippen LogP contribution < -0.4 is 25.5 Å². The summed E-state index contributed by atoms with van der Waals surface area (Å²) >= 11 is 0. The highest BCUT2D eigenvalue weighted by Gasteiger charge is 2.48. The van der Waals surface area contributed by atoms with Crippen molar-refractivity contribution < 1.29 is 4.42 Å². The Morgan fingerprint density at radius 3 is 1.82 bits per heavy atom. The Hall–Kier alpha value is -7.50. The van der Waals surface area contributed by atoms with E-state index in [0.717, 1.165) is 70.4 Å². The summed E-state index contributed by atoms with van der Waals surface area (Å²) in [5, 5.41) is 4.70. The molecule has 4 nitrogen and oxygen atoms in total. The number of benzene rings is 9. The molecule has 13 rings (SSSR count). The zero-order valence-corrected chi connectivity index (χ0v) is 47.6. The van der Waals surface area contributed by atoms with Crippen molar-refractivity contribution in [2.24, 2.45) is 0 Å². The lowest BCUT2D eigenvalue weighted by Crippen LogP contribution is -2.61. The predicted octanol–water partition coefficient (Wildman–Crippen LogP) is 19.6. The molecule has 0 saturated heterocycles. The van der Waals surface area contributed by atoms with Gasteiger partial charge in [-0.2, -0.15) is 0 Å². The fraction of sp³-hybridized carbons (Fsp3) is 0.288. The van der Waals surface area contributed by atoms with Crippen molar-refractivity contribution in [3.05, 3.63) is 203 Å². The maximum absolute atomic E-state index is 7.23. The number of para-hydroxylation sites is 1. The third-order valence-electron chi connectivity index (χ3n) is 18.1. The Kier molecular flexibility index (Phi) is 12.1. The standard InChI is InChI=1S/C73H74BN3O/c1-11-13-19-48-25-32-52(33-26-48)75(53-34-27-49(28-35-53)20-14-12-2)55-38-40-62-64(44-55)76(63-46-61-60(43-47(63)3)72(7,8)41-42-73(61,9)10)65-45-59-57-23-17-18-24-66(57)78-70(59)67-58-39-29-50-21-15-16-22-56(50)69(58)77(74(62)68(65)67)54-36-30-51(31-37-54)71(4,5)6/h15-18,21-40,43-46H,11-14,19-20,41-42H2,1-10H3. The number of hydrogen-bond acceptors (Lipinski definition) is 4. The van der Waals surface area contributed by atoms with E-state index >= 15 is 0 Å². The lowest BCUT2D eigenvalue weighted by atomic mass is 9.43. The van der Waals surface area contributed by atoms with Crippen LogP contribution in [0.1, 0.15) is 134 Å². The van der Waals surface area contributed by atoms with Crippen LogP contribution >= 0.6 is 0 Å². The van der Waals surface area contributed by atoms with E-state index in [1.807, 2.05) is 0 Å². The van der Waals surface area contributed by atoms with E-state index in [1.54, 1.807) is 0 Å². The van der Waals surface area contributed by atoms with Crippen LogP contribution in [0.5, 0.6) is 0 Å². The van der Waals surface area contributed by atoms with Gasteiger partial charge in [0.1, 0.15) is 11.2 Å². The van der Waals surface area contributed by atoms with Gasteiger partial charge in [0.15, 0.2) is 0 Å². The van der Waals surface area contributed by atoms with Gasteiger partial charge >= 0.3 is 6.85 Å². The van der Waals surface area contributed by atoms with Gasteiger partial charge in [0.05, 0.1) is 0 Å². The molecule has 0 atom stereocenters. The number of unbranched alkanes of at least 4 members (excludes halogenated alkanes) is 2. The van der Waals surface area contributed by atoms with Crippen molar-refractivity contribution in [3.63, 3.8) is 0 Å². The van der Waals surface area contributed by atoms with Crippen LogP contribution in [0.4, 0.5) is 45.5 Å². The zero-order valence-electron chi connectivity index (χ0n) is 47.6. The van der Waals surface area contributed by atoms with Crippen LogP contribution in [0.2, 0.25) is 0 Å². The van der Waals surface area contributed by atoms with Crippen molar-refractivity contribution in [2.45, 2.75) is 137 Å². The second kappa shape index (κ2) is 18.9. The van der Waals surface area contributed by atoms with Crippen LogP contribution in [0, 0.1) is 6.92 Å². The van der Waals surface area contributed by atoms with Crippen LogP contribution in [0.15, 0.2) is 174 Å². The Morgan fingerprint density at radius 1 is 0.577 bits per heavy atom. The molecule has 0 spiro atoms. The van der Waals surface area contributed by atoms with Gasteiger partial charge in [-0.05, 0) is 178 Å². The van der Waals surface area contributed by atoms with Gasteiger partial charge in [-0.3, -0.25) is 0 Å². The lowest BCUT2D eigenvalue weighted by Gasteiger charge is -2.47. The number of hydrogen-bond donors (Lipinski definition) is 0. The monoisotopic (exact) mass is 1020 g/mol. The second-order valence-corrected chi connectivity index (χ2v) is 25.3. The summed E-state index contributed by atoms with van der Waals surface area (Å²) in [6.45, 7) is 23.5. The summed E-state index contributed by atoms with van der Waals surface area (Å²) in [6.07, 6.45) is 9.19. The van der Waals surface area contributed by atoms with Crippen LogP contribution in [0.25, 0.3) is 43.8 Å². The molecule has 3 aliphatic rings. The fourth-order valence-corrected chi connectivity index (χ4v) is 13.5. The van der Waals surface area contributed by atoms with E-state index < -0.39 is 0 Å². The quantitative estimate of drug-likeness (QED) is 0.120.